The summed E-state index contributed by atoms with van der Waals surface area (Å²) in [7, 11) is 0. The highest BCUT2D eigenvalue weighted by atomic mass is 19.4. The lowest BCUT2D eigenvalue weighted by Crippen LogP contribution is -2.37. The number of nitrogens with zero attached hydrogens (tertiary/aromatic N) is 2. The molecule has 0 spiro atoms. The van der Waals surface area contributed by atoms with Crippen LogP contribution in [0.5, 0.6) is 0 Å². The number of hydrogen-bond acceptors (Lipinski definition) is 6. The van der Waals surface area contributed by atoms with Crippen molar-refractivity contribution >= 4 is 28.6 Å². The largest absolute Gasteiger partial charge is 0.493 e. The molecule has 0 saturated carbocycles. The van der Waals surface area contributed by atoms with Crippen LogP contribution in [0.2, 0.25) is 0 Å². The maximum atomic E-state index is 13.0. The number of carbonyl (C=O) groups is 2. The quantitative estimate of drug-likeness (QED) is 0.604. The summed E-state index contributed by atoms with van der Waals surface area (Å²) in [5.41, 5.74) is 1.43. The molecule has 5 rings (SSSR count). The first kappa shape index (κ1) is 22.2. The fourth-order valence-corrected chi connectivity index (χ4v) is 4.27. The van der Waals surface area contributed by atoms with Crippen molar-refractivity contribution < 1.29 is 32.3 Å². The predicted molar refractivity (Wildman–Crippen MR) is 116 cm³/mol. The third kappa shape index (κ3) is 4.18. The molecule has 0 aliphatic carbocycles. The number of nitrogens with one attached hydrogen (secondary N) is 2. The van der Waals surface area contributed by atoms with Crippen LogP contribution >= 0.6 is 0 Å². The van der Waals surface area contributed by atoms with Gasteiger partial charge in [-0.25, -0.2) is 9.78 Å². The zero-order valence-electron chi connectivity index (χ0n) is 17.9. The van der Waals surface area contributed by atoms with E-state index in [1.54, 1.807) is 12.1 Å². The van der Waals surface area contributed by atoms with Gasteiger partial charge in [-0.3, -0.25) is 4.79 Å². The second-order valence-electron chi connectivity index (χ2n) is 8.17. The molecule has 0 atom stereocenters. The van der Waals surface area contributed by atoms with Crippen LogP contribution in [0.1, 0.15) is 28.9 Å². The lowest BCUT2D eigenvalue weighted by atomic mass is 10.1. The Morgan fingerprint density at radius 1 is 1.18 bits per heavy atom. The van der Waals surface area contributed by atoms with Gasteiger partial charge in [0.2, 0.25) is 0 Å². The number of pyridine rings is 1. The topological polar surface area (TPSA) is 94.5 Å². The zero-order valence-corrected chi connectivity index (χ0v) is 17.9. The van der Waals surface area contributed by atoms with Crippen molar-refractivity contribution in [3.05, 3.63) is 47.7 Å². The Hall–Kier alpha value is -3.60. The normalized spacial score (nSPS) is 16.7. The lowest BCUT2D eigenvalue weighted by Gasteiger charge is -2.23. The van der Waals surface area contributed by atoms with Crippen molar-refractivity contribution in [3.63, 3.8) is 0 Å². The van der Waals surface area contributed by atoms with Crippen LogP contribution in [0.15, 0.2) is 36.4 Å². The van der Waals surface area contributed by atoms with Gasteiger partial charge in [-0.05, 0) is 31.0 Å². The summed E-state index contributed by atoms with van der Waals surface area (Å²) >= 11 is 0. The number of para-hydroxylation sites is 1. The molecule has 34 heavy (non-hydrogen) atoms. The van der Waals surface area contributed by atoms with Crippen molar-refractivity contribution in [2.24, 2.45) is 0 Å². The molecule has 0 bridgehead atoms. The molecule has 1 amide bonds. The van der Waals surface area contributed by atoms with Crippen molar-refractivity contribution in [1.82, 2.24) is 15.0 Å². The van der Waals surface area contributed by atoms with Crippen molar-refractivity contribution in [2.45, 2.75) is 31.5 Å². The van der Waals surface area contributed by atoms with E-state index in [0.29, 0.717) is 30.1 Å². The minimum absolute atomic E-state index is 0.140. The number of aromatic nitrogens is 2. The minimum atomic E-state index is -5.19. The fraction of sp³-hybridized carbons (Fsp3) is 0.348. The van der Waals surface area contributed by atoms with Crippen molar-refractivity contribution in [3.8, 4) is 11.3 Å². The van der Waals surface area contributed by atoms with Gasteiger partial charge in [0.05, 0.1) is 22.5 Å². The number of halogens is 3. The Labute approximate surface area is 192 Å². The maximum absolute atomic E-state index is 13.0. The Kier molecular flexibility index (Phi) is 5.64. The van der Waals surface area contributed by atoms with E-state index in [1.807, 2.05) is 18.2 Å². The molecule has 1 fully saturated rings. The van der Waals surface area contributed by atoms with Crippen LogP contribution in [0, 0.1) is 0 Å². The lowest BCUT2D eigenvalue weighted by molar-refractivity contribution is -0.199. The van der Waals surface area contributed by atoms with Gasteiger partial charge in [-0.2, -0.15) is 17.9 Å². The van der Waals surface area contributed by atoms with Crippen LogP contribution in [-0.2, 0) is 16.0 Å². The van der Waals surface area contributed by atoms with E-state index in [1.165, 1.54) is 6.07 Å². The monoisotopic (exact) mass is 474 g/mol. The average Bonchev–Trinajstić information content (AvgIpc) is 3.18. The first-order valence-electron chi connectivity index (χ1n) is 10.9. The van der Waals surface area contributed by atoms with E-state index in [9.17, 15) is 22.8 Å². The summed E-state index contributed by atoms with van der Waals surface area (Å²) in [4.78, 5) is 33.6. The summed E-state index contributed by atoms with van der Waals surface area (Å²) < 4.78 is 45.3. The average molecular weight is 474 g/mol. The molecule has 4 heterocycles. The number of carbonyl (C=O) groups excluding carboxylic acids is 2. The smallest absolute Gasteiger partial charge is 0.381 e. The summed E-state index contributed by atoms with van der Waals surface area (Å²) in [6.07, 6.45) is -3.32. The van der Waals surface area contributed by atoms with Crippen LogP contribution in [-0.4, -0.2) is 53.6 Å². The highest BCUT2D eigenvalue weighted by Gasteiger charge is 2.43. The molecular weight excluding hydrogens is 453 g/mol. The van der Waals surface area contributed by atoms with E-state index < -0.39 is 18.1 Å². The summed E-state index contributed by atoms with van der Waals surface area (Å²) in [6, 6.07) is 10.5. The van der Waals surface area contributed by atoms with E-state index in [-0.39, 0.29) is 36.0 Å². The molecule has 2 aliphatic heterocycles. The third-order valence-corrected chi connectivity index (χ3v) is 5.92. The molecule has 8 nitrogen and oxygen atoms in total. The van der Waals surface area contributed by atoms with Gasteiger partial charge in [0.25, 0.3) is 5.91 Å². The van der Waals surface area contributed by atoms with Crippen molar-refractivity contribution in [2.75, 3.05) is 25.1 Å². The Morgan fingerprint density at radius 2 is 1.97 bits per heavy atom. The SMILES string of the molecule is O=C1NCCc2c1cc(-c1cccc3ccc(NC4CCOCC4)nc13)n2OC(=O)C(F)(F)F. The highest BCUT2D eigenvalue weighted by molar-refractivity contribution is 6.00. The Balaban J connectivity index is 1.61. The molecule has 1 saturated heterocycles. The standard InChI is InChI=1S/C23H21F3N4O4/c24-23(25,26)22(32)34-30-17-6-9-27-21(31)16(17)12-18(30)15-3-1-2-13-4-5-19(29-20(13)15)28-14-7-10-33-11-8-14/h1-5,12,14H,6-11H2,(H,27,31)(H,28,29). The Morgan fingerprint density at radius 3 is 2.74 bits per heavy atom. The van der Waals surface area contributed by atoms with E-state index in [4.69, 9.17) is 14.6 Å². The molecule has 0 unspecified atom stereocenters. The van der Waals surface area contributed by atoms with E-state index >= 15 is 0 Å². The van der Waals surface area contributed by atoms with Crippen LogP contribution in [0.25, 0.3) is 22.2 Å². The Bertz CT molecular complexity index is 1270. The molecule has 1 aromatic carbocycles. The van der Waals surface area contributed by atoms with Gasteiger partial charge in [-0.1, -0.05) is 18.2 Å². The second kappa shape index (κ2) is 8.64. The fourth-order valence-electron chi connectivity index (χ4n) is 4.27. The van der Waals surface area contributed by atoms with Gasteiger partial charge >= 0.3 is 12.1 Å². The summed E-state index contributed by atoms with van der Waals surface area (Å²) in [5.74, 6) is -2.20. The number of fused-ring (bicyclic) bond motifs is 2. The van der Waals surface area contributed by atoms with Crippen molar-refractivity contribution in [1.29, 1.82) is 0 Å². The number of benzene rings is 1. The first-order valence-corrected chi connectivity index (χ1v) is 10.9. The predicted octanol–water partition coefficient (Wildman–Crippen LogP) is 3.10. The number of rotatable bonds is 4. The number of hydrogen-bond donors (Lipinski definition) is 2. The molecule has 2 aliphatic rings. The van der Waals surface area contributed by atoms with Crippen LogP contribution in [0.4, 0.5) is 19.0 Å². The van der Waals surface area contributed by atoms with Gasteiger partial charge in [0.15, 0.2) is 0 Å². The second-order valence-corrected chi connectivity index (χ2v) is 8.17. The third-order valence-electron chi connectivity index (χ3n) is 5.92. The number of amides is 1. The summed E-state index contributed by atoms with van der Waals surface area (Å²) in [5, 5.41) is 6.78. The molecule has 3 aromatic rings. The van der Waals surface area contributed by atoms with E-state index in [0.717, 1.165) is 23.0 Å². The maximum Gasteiger partial charge on any atom is 0.493 e. The van der Waals surface area contributed by atoms with Crippen LogP contribution < -0.4 is 15.5 Å². The van der Waals surface area contributed by atoms with Gasteiger partial charge in [-0.15, -0.1) is 0 Å². The van der Waals surface area contributed by atoms with Gasteiger partial charge in [0.1, 0.15) is 5.82 Å². The highest BCUT2D eigenvalue weighted by Crippen LogP contribution is 2.33. The minimum Gasteiger partial charge on any atom is -0.381 e. The number of alkyl halides is 3. The molecular formula is C23H21F3N4O4. The van der Waals surface area contributed by atoms with Gasteiger partial charge < -0.3 is 20.2 Å². The van der Waals surface area contributed by atoms with E-state index in [2.05, 4.69) is 10.6 Å². The zero-order chi connectivity index (χ0) is 23.9. The molecule has 2 N–H and O–H groups in total. The van der Waals surface area contributed by atoms with Crippen LogP contribution in [0.3, 0.4) is 0 Å². The van der Waals surface area contributed by atoms with Gasteiger partial charge in [0, 0.05) is 43.2 Å². The number of ether oxygens (including phenoxy) is 1. The summed E-state index contributed by atoms with van der Waals surface area (Å²) in [6.45, 7) is 1.52. The molecule has 11 heteroatoms. The molecule has 2 aromatic heterocycles. The molecule has 0 radical (unpaired) electrons. The molecule has 178 valence electrons. The first-order chi connectivity index (χ1) is 16.3. The number of anilines is 1.